The van der Waals surface area contributed by atoms with E-state index < -0.39 is 23.0 Å². The molecule has 0 fully saturated rings. The lowest BCUT2D eigenvalue weighted by Gasteiger charge is -2.32. The van der Waals surface area contributed by atoms with E-state index in [1.165, 1.54) is 48.5 Å². The van der Waals surface area contributed by atoms with E-state index in [0.717, 1.165) is 0 Å². The largest absolute Gasteiger partial charge is 0.465 e. The topological polar surface area (TPSA) is 50.1 Å². The molecule has 2 rings (SSSR count). The first kappa shape index (κ1) is 17.6. The quantitative estimate of drug-likeness (QED) is 0.749. The lowest BCUT2D eigenvalue weighted by molar-refractivity contribution is -0.148. The molecule has 0 aromatic heterocycles. The summed E-state index contributed by atoms with van der Waals surface area (Å²) in [7, 11) is 0. The van der Waals surface area contributed by atoms with Gasteiger partial charge in [0.1, 0.15) is 17.0 Å². The van der Waals surface area contributed by atoms with Crippen molar-refractivity contribution < 1.29 is 18.3 Å². The Labute approximate surface area is 139 Å². The van der Waals surface area contributed by atoms with Crippen LogP contribution in [0.4, 0.5) is 8.78 Å². The summed E-state index contributed by atoms with van der Waals surface area (Å²) in [4.78, 5) is 12.8. The van der Waals surface area contributed by atoms with Crippen molar-refractivity contribution in [1.82, 2.24) is 0 Å². The Morgan fingerprint density at radius 3 is 1.88 bits per heavy atom. The average molecular weight is 329 g/mol. The molecular weight excluding hydrogens is 312 g/mol. The van der Waals surface area contributed by atoms with Gasteiger partial charge in [0.2, 0.25) is 0 Å². The Morgan fingerprint density at radius 2 is 1.50 bits per heavy atom. The van der Waals surface area contributed by atoms with Gasteiger partial charge < -0.3 is 4.74 Å². The smallest absolute Gasteiger partial charge is 0.321 e. The van der Waals surface area contributed by atoms with Crippen LogP contribution < -0.4 is 0 Å². The van der Waals surface area contributed by atoms with Crippen LogP contribution in [0, 0.1) is 23.0 Å². The molecule has 0 radical (unpaired) electrons. The molecule has 0 spiro atoms. The van der Waals surface area contributed by atoms with E-state index in [0.29, 0.717) is 11.1 Å². The molecule has 0 atom stereocenters. The maximum Gasteiger partial charge on any atom is 0.321 e. The van der Waals surface area contributed by atoms with Crippen LogP contribution in [0.1, 0.15) is 30.9 Å². The number of ether oxygens (including phenoxy) is 1. The first-order valence-corrected chi connectivity index (χ1v) is 7.61. The molecule has 2 aromatic carbocycles. The fraction of sp³-hybridized carbons (Fsp3) is 0.263. The first-order chi connectivity index (χ1) is 11.5. The molecule has 0 aliphatic rings. The van der Waals surface area contributed by atoms with Crippen LogP contribution in [0.5, 0.6) is 0 Å². The molecule has 3 nitrogen and oxygen atoms in total. The molecule has 2 aromatic rings. The van der Waals surface area contributed by atoms with E-state index >= 15 is 0 Å². The summed E-state index contributed by atoms with van der Waals surface area (Å²) >= 11 is 0. The summed E-state index contributed by atoms with van der Waals surface area (Å²) in [6.07, 6.45) is 0.243. The second-order valence-corrected chi connectivity index (χ2v) is 5.30. The lowest BCUT2D eigenvalue weighted by atomic mass is 9.71. The van der Waals surface area contributed by atoms with Gasteiger partial charge in [-0.15, -0.1) is 0 Å². The molecule has 5 heteroatoms. The first-order valence-electron chi connectivity index (χ1n) is 7.61. The van der Waals surface area contributed by atoms with Crippen molar-refractivity contribution in [3.63, 3.8) is 0 Å². The Balaban J connectivity index is 2.67. The van der Waals surface area contributed by atoms with Crippen LogP contribution in [0.15, 0.2) is 48.5 Å². The monoisotopic (exact) mass is 329 g/mol. The number of hydrogen-bond donors (Lipinski definition) is 0. The highest BCUT2D eigenvalue weighted by Gasteiger charge is 2.43. The second kappa shape index (κ2) is 7.69. The van der Waals surface area contributed by atoms with Crippen LogP contribution in [0.3, 0.4) is 0 Å². The third kappa shape index (κ3) is 3.43. The van der Waals surface area contributed by atoms with Gasteiger partial charge >= 0.3 is 5.97 Å². The van der Waals surface area contributed by atoms with Gasteiger partial charge in [0.05, 0.1) is 12.7 Å². The third-order valence-electron chi connectivity index (χ3n) is 3.91. The number of nitriles is 1. The van der Waals surface area contributed by atoms with Crippen LogP contribution in [0.2, 0.25) is 0 Å². The van der Waals surface area contributed by atoms with Crippen LogP contribution >= 0.6 is 0 Å². The van der Waals surface area contributed by atoms with Gasteiger partial charge in [-0.1, -0.05) is 24.3 Å². The normalized spacial score (nSPS) is 10.9. The standard InChI is InChI=1S/C19H17F2NO2/c1-2-24-18(23)19(12-3-13-22,14-4-8-16(20)9-5-14)15-6-10-17(21)11-7-15/h4-11H,2-3,12H2,1H3. The number of halogens is 2. The van der Waals surface area contributed by atoms with Crippen LogP contribution in [0.25, 0.3) is 0 Å². The molecule has 0 unspecified atom stereocenters. The zero-order valence-corrected chi connectivity index (χ0v) is 13.3. The van der Waals surface area contributed by atoms with E-state index in [2.05, 4.69) is 0 Å². The van der Waals surface area contributed by atoms with Gasteiger partial charge in [-0.05, 0) is 48.7 Å². The summed E-state index contributed by atoms with van der Waals surface area (Å²) in [6.45, 7) is 1.85. The zero-order valence-electron chi connectivity index (χ0n) is 13.3. The number of carbonyl (C=O) groups is 1. The highest BCUT2D eigenvalue weighted by Crippen LogP contribution is 2.38. The van der Waals surface area contributed by atoms with Gasteiger partial charge in [0, 0.05) is 6.42 Å². The van der Waals surface area contributed by atoms with Crippen molar-refractivity contribution in [3.05, 3.63) is 71.3 Å². The Morgan fingerprint density at radius 1 is 1.04 bits per heavy atom. The number of rotatable bonds is 6. The minimum absolute atomic E-state index is 0.0908. The van der Waals surface area contributed by atoms with Gasteiger partial charge in [0.15, 0.2) is 0 Å². The lowest BCUT2D eigenvalue weighted by Crippen LogP contribution is -2.39. The highest BCUT2D eigenvalue weighted by atomic mass is 19.1. The van der Waals surface area contributed by atoms with Crippen LogP contribution in [-0.4, -0.2) is 12.6 Å². The van der Waals surface area contributed by atoms with Crippen molar-refractivity contribution in [2.45, 2.75) is 25.2 Å². The van der Waals surface area contributed by atoms with Gasteiger partial charge in [-0.2, -0.15) is 5.26 Å². The number of hydrogen-bond acceptors (Lipinski definition) is 3. The van der Waals surface area contributed by atoms with Crippen molar-refractivity contribution in [2.24, 2.45) is 0 Å². The minimum Gasteiger partial charge on any atom is -0.465 e. The van der Waals surface area contributed by atoms with Crippen LogP contribution in [-0.2, 0) is 14.9 Å². The van der Waals surface area contributed by atoms with Crippen molar-refractivity contribution >= 4 is 5.97 Å². The molecule has 0 bridgehead atoms. The van der Waals surface area contributed by atoms with Crippen molar-refractivity contribution in [3.8, 4) is 6.07 Å². The number of nitrogens with zero attached hydrogens (tertiary/aromatic N) is 1. The van der Waals surface area contributed by atoms with E-state index in [9.17, 15) is 13.6 Å². The fourth-order valence-electron chi connectivity index (χ4n) is 2.76. The zero-order chi connectivity index (χ0) is 17.6. The number of benzene rings is 2. The van der Waals surface area contributed by atoms with Crippen molar-refractivity contribution in [2.75, 3.05) is 6.61 Å². The van der Waals surface area contributed by atoms with Gasteiger partial charge in [-0.3, -0.25) is 4.79 Å². The van der Waals surface area contributed by atoms with Gasteiger partial charge in [-0.25, -0.2) is 8.78 Å². The van der Waals surface area contributed by atoms with E-state index in [-0.39, 0.29) is 19.4 Å². The second-order valence-electron chi connectivity index (χ2n) is 5.30. The molecule has 124 valence electrons. The maximum atomic E-state index is 13.3. The summed E-state index contributed by atoms with van der Waals surface area (Å²) < 4.78 is 31.9. The Kier molecular flexibility index (Phi) is 5.64. The molecular formula is C19H17F2NO2. The molecule has 0 aliphatic carbocycles. The Hall–Kier alpha value is -2.74. The van der Waals surface area contributed by atoms with Gasteiger partial charge in [0.25, 0.3) is 0 Å². The van der Waals surface area contributed by atoms with E-state index in [1.807, 2.05) is 6.07 Å². The fourth-order valence-corrected chi connectivity index (χ4v) is 2.76. The molecule has 0 amide bonds. The van der Waals surface area contributed by atoms with E-state index in [1.54, 1.807) is 6.92 Å². The number of carbonyl (C=O) groups excluding carboxylic acids is 1. The molecule has 0 saturated heterocycles. The summed E-state index contributed by atoms with van der Waals surface area (Å²) in [6, 6.07) is 13.0. The SMILES string of the molecule is CCOC(=O)C(CCC#N)(c1ccc(F)cc1)c1ccc(F)cc1. The predicted molar refractivity (Wildman–Crippen MR) is 85.1 cm³/mol. The highest BCUT2D eigenvalue weighted by molar-refractivity contribution is 5.87. The average Bonchev–Trinajstić information content (AvgIpc) is 2.58. The maximum absolute atomic E-state index is 13.3. The third-order valence-corrected chi connectivity index (χ3v) is 3.91. The summed E-state index contributed by atoms with van der Waals surface area (Å²) in [5.74, 6) is -1.41. The number of esters is 1. The Bertz CT molecular complexity index is 688. The molecule has 0 aliphatic heterocycles. The molecule has 0 heterocycles. The molecule has 24 heavy (non-hydrogen) atoms. The molecule has 0 saturated carbocycles. The predicted octanol–water partition coefficient (Wildman–Crippen LogP) is 4.12. The van der Waals surface area contributed by atoms with E-state index in [4.69, 9.17) is 10.00 Å². The molecule has 0 N–H and O–H groups in total. The summed E-state index contributed by atoms with van der Waals surface area (Å²) in [5, 5.41) is 9.00. The van der Waals surface area contributed by atoms with Crippen molar-refractivity contribution in [1.29, 1.82) is 5.26 Å². The summed E-state index contributed by atoms with van der Waals surface area (Å²) in [5.41, 5.74) is -0.277. The minimum atomic E-state index is -1.28.